The van der Waals surface area contributed by atoms with Crippen LogP contribution in [0.5, 0.6) is 0 Å². The summed E-state index contributed by atoms with van der Waals surface area (Å²) in [4.78, 5) is 23.4. The highest BCUT2D eigenvalue weighted by Gasteiger charge is 2.09. The van der Waals surface area contributed by atoms with E-state index >= 15 is 0 Å². The van der Waals surface area contributed by atoms with Crippen LogP contribution in [0.3, 0.4) is 0 Å². The van der Waals surface area contributed by atoms with Crippen molar-refractivity contribution in [1.82, 2.24) is 0 Å². The molecule has 1 N–H and O–H groups in total. The van der Waals surface area contributed by atoms with Gasteiger partial charge in [-0.05, 0) is 51.3 Å². The summed E-state index contributed by atoms with van der Waals surface area (Å²) in [6.45, 7) is 9.53. The summed E-state index contributed by atoms with van der Waals surface area (Å²) in [5.41, 5.74) is 5.44. The van der Waals surface area contributed by atoms with Gasteiger partial charge in [-0.15, -0.1) is 0 Å². The van der Waals surface area contributed by atoms with Gasteiger partial charge in [0.2, 0.25) is 0 Å². The van der Waals surface area contributed by atoms with Gasteiger partial charge in [-0.2, -0.15) is 0 Å². The van der Waals surface area contributed by atoms with Crippen molar-refractivity contribution in [3.05, 3.63) is 64.3 Å². The summed E-state index contributed by atoms with van der Waals surface area (Å²) < 4.78 is 4.55. The standard InChI is InChI=1S/C20H25NO3/c1-13(12-18(22)24-6)8-7-9-15(3)20(23)21-19-16(4)10-14(2)11-17(19)5/h7-12H,1-6H3,(H,21,23)/b8-7+,13-12+,15-9+. The molecule has 0 saturated carbocycles. The van der Waals surface area contributed by atoms with E-state index in [0.717, 1.165) is 22.4 Å². The minimum atomic E-state index is -0.402. The highest BCUT2D eigenvalue weighted by Crippen LogP contribution is 2.22. The number of ether oxygens (including phenoxy) is 1. The number of carbonyl (C=O) groups excluding carboxylic acids is 2. The topological polar surface area (TPSA) is 55.4 Å². The number of allylic oxidation sites excluding steroid dienone is 4. The molecule has 0 unspecified atom stereocenters. The SMILES string of the molecule is COC(=O)/C=C(C)/C=C/C=C(\C)C(=O)Nc1c(C)cc(C)cc1C. The van der Waals surface area contributed by atoms with E-state index in [1.54, 1.807) is 32.1 Å². The smallest absolute Gasteiger partial charge is 0.330 e. The molecule has 128 valence electrons. The van der Waals surface area contributed by atoms with Gasteiger partial charge in [0.1, 0.15) is 0 Å². The number of aryl methyl sites for hydroxylation is 3. The van der Waals surface area contributed by atoms with Crippen LogP contribution in [0.15, 0.2) is 47.6 Å². The van der Waals surface area contributed by atoms with E-state index in [9.17, 15) is 9.59 Å². The fourth-order valence-electron chi connectivity index (χ4n) is 2.30. The Kier molecular flexibility index (Phi) is 7.18. The van der Waals surface area contributed by atoms with Crippen LogP contribution >= 0.6 is 0 Å². The second kappa shape index (κ2) is 8.87. The first-order valence-electron chi connectivity index (χ1n) is 7.75. The maximum Gasteiger partial charge on any atom is 0.330 e. The Bertz CT molecular complexity index is 701. The Morgan fingerprint density at radius 1 is 1.08 bits per heavy atom. The molecule has 0 fully saturated rings. The number of carbonyl (C=O) groups is 2. The average molecular weight is 327 g/mol. The third-order valence-electron chi connectivity index (χ3n) is 3.53. The quantitative estimate of drug-likeness (QED) is 0.501. The van der Waals surface area contributed by atoms with Crippen LogP contribution in [0.2, 0.25) is 0 Å². The van der Waals surface area contributed by atoms with Crippen LogP contribution in [0.4, 0.5) is 5.69 Å². The van der Waals surface area contributed by atoms with Crippen LogP contribution in [0, 0.1) is 20.8 Å². The molecule has 0 aliphatic rings. The normalized spacial score (nSPS) is 12.4. The first kappa shape index (κ1) is 19.4. The number of rotatable bonds is 5. The lowest BCUT2D eigenvalue weighted by Gasteiger charge is -2.12. The molecule has 0 aromatic heterocycles. The van der Waals surface area contributed by atoms with Gasteiger partial charge < -0.3 is 10.1 Å². The summed E-state index contributed by atoms with van der Waals surface area (Å²) in [5, 5.41) is 2.96. The second-order valence-electron chi connectivity index (χ2n) is 5.85. The number of methoxy groups -OCH3 is 1. The molecule has 0 aliphatic heterocycles. The van der Waals surface area contributed by atoms with E-state index in [0.29, 0.717) is 5.57 Å². The predicted molar refractivity (Wildman–Crippen MR) is 98.0 cm³/mol. The highest BCUT2D eigenvalue weighted by atomic mass is 16.5. The second-order valence-corrected chi connectivity index (χ2v) is 5.85. The van der Waals surface area contributed by atoms with E-state index in [1.807, 2.05) is 32.9 Å². The van der Waals surface area contributed by atoms with Gasteiger partial charge >= 0.3 is 5.97 Å². The van der Waals surface area contributed by atoms with E-state index in [1.165, 1.54) is 18.7 Å². The summed E-state index contributed by atoms with van der Waals surface area (Å²) >= 11 is 0. The lowest BCUT2D eigenvalue weighted by atomic mass is 10.0. The molecule has 0 aliphatic carbocycles. The molecule has 0 bridgehead atoms. The molecule has 0 atom stereocenters. The monoisotopic (exact) mass is 327 g/mol. The van der Waals surface area contributed by atoms with Crippen molar-refractivity contribution in [3.63, 3.8) is 0 Å². The molecule has 4 heteroatoms. The number of hydrogen-bond acceptors (Lipinski definition) is 3. The first-order valence-corrected chi connectivity index (χ1v) is 7.75. The van der Waals surface area contributed by atoms with E-state index in [-0.39, 0.29) is 5.91 Å². The molecular formula is C20H25NO3. The van der Waals surface area contributed by atoms with Gasteiger partial charge in [0.25, 0.3) is 5.91 Å². The maximum absolute atomic E-state index is 12.3. The minimum absolute atomic E-state index is 0.149. The maximum atomic E-state index is 12.3. The third kappa shape index (κ3) is 5.88. The van der Waals surface area contributed by atoms with Crippen LogP contribution < -0.4 is 5.32 Å². The third-order valence-corrected chi connectivity index (χ3v) is 3.53. The zero-order chi connectivity index (χ0) is 18.3. The van der Waals surface area contributed by atoms with Gasteiger partial charge in [-0.1, -0.05) is 35.9 Å². The van der Waals surface area contributed by atoms with Crippen molar-refractivity contribution in [2.75, 3.05) is 12.4 Å². The van der Waals surface area contributed by atoms with Crippen LogP contribution in [-0.2, 0) is 14.3 Å². The molecule has 1 rings (SSSR count). The van der Waals surface area contributed by atoms with E-state index < -0.39 is 5.97 Å². The average Bonchev–Trinajstić information content (AvgIpc) is 2.50. The fraction of sp³-hybridized carbons (Fsp3) is 0.300. The lowest BCUT2D eigenvalue weighted by molar-refractivity contribution is -0.134. The summed E-state index contributed by atoms with van der Waals surface area (Å²) in [6, 6.07) is 4.09. The minimum Gasteiger partial charge on any atom is -0.466 e. The Hall–Kier alpha value is -2.62. The van der Waals surface area contributed by atoms with E-state index in [4.69, 9.17) is 0 Å². The number of benzene rings is 1. The molecule has 1 amide bonds. The van der Waals surface area contributed by atoms with Gasteiger partial charge in [-0.3, -0.25) is 4.79 Å². The Morgan fingerprint density at radius 2 is 1.67 bits per heavy atom. The molecule has 24 heavy (non-hydrogen) atoms. The fourth-order valence-corrected chi connectivity index (χ4v) is 2.30. The van der Waals surface area contributed by atoms with E-state index in [2.05, 4.69) is 10.1 Å². The number of amides is 1. The lowest BCUT2D eigenvalue weighted by Crippen LogP contribution is -2.14. The van der Waals surface area contributed by atoms with Crippen LogP contribution in [0.25, 0.3) is 0 Å². The molecule has 4 nitrogen and oxygen atoms in total. The highest BCUT2D eigenvalue weighted by molar-refractivity contribution is 6.04. The van der Waals surface area contributed by atoms with Crippen molar-refractivity contribution in [1.29, 1.82) is 0 Å². The van der Waals surface area contributed by atoms with Crippen molar-refractivity contribution in [3.8, 4) is 0 Å². The number of hydrogen-bond donors (Lipinski definition) is 1. The zero-order valence-corrected chi connectivity index (χ0v) is 15.2. The Balaban J connectivity index is 2.82. The molecule has 0 radical (unpaired) electrons. The number of nitrogens with one attached hydrogen (secondary N) is 1. The van der Waals surface area contributed by atoms with Crippen molar-refractivity contribution in [2.24, 2.45) is 0 Å². The molecule has 0 saturated heterocycles. The molecule has 1 aromatic rings. The first-order chi connectivity index (χ1) is 11.2. The van der Waals surface area contributed by atoms with Crippen molar-refractivity contribution in [2.45, 2.75) is 34.6 Å². The predicted octanol–water partition coefficient (Wildman–Crippen LogP) is 4.17. The largest absolute Gasteiger partial charge is 0.466 e. The summed E-state index contributed by atoms with van der Waals surface area (Å²) in [7, 11) is 1.33. The Labute approximate surface area is 143 Å². The zero-order valence-electron chi connectivity index (χ0n) is 15.2. The van der Waals surface area contributed by atoms with Crippen molar-refractivity contribution >= 4 is 17.6 Å². The van der Waals surface area contributed by atoms with Gasteiger partial charge in [0, 0.05) is 17.3 Å². The van der Waals surface area contributed by atoms with Crippen LogP contribution in [-0.4, -0.2) is 19.0 Å². The molecule has 1 aromatic carbocycles. The van der Waals surface area contributed by atoms with Gasteiger partial charge in [-0.25, -0.2) is 4.79 Å². The summed E-state index contributed by atoms with van der Waals surface area (Å²) in [6.07, 6.45) is 6.58. The molecule has 0 heterocycles. The van der Waals surface area contributed by atoms with Gasteiger partial charge in [0.15, 0.2) is 0 Å². The Morgan fingerprint density at radius 3 is 2.21 bits per heavy atom. The molecular weight excluding hydrogens is 302 g/mol. The molecule has 0 spiro atoms. The van der Waals surface area contributed by atoms with Crippen LogP contribution in [0.1, 0.15) is 30.5 Å². The number of esters is 1. The summed E-state index contributed by atoms with van der Waals surface area (Å²) in [5.74, 6) is -0.551. The van der Waals surface area contributed by atoms with Crippen molar-refractivity contribution < 1.29 is 14.3 Å². The van der Waals surface area contributed by atoms with Gasteiger partial charge in [0.05, 0.1) is 7.11 Å². The number of anilines is 1.